The van der Waals surface area contributed by atoms with Crippen molar-refractivity contribution in [1.29, 1.82) is 0 Å². The number of hydrogen-bond acceptors (Lipinski definition) is 4. The highest BCUT2D eigenvalue weighted by molar-refractivity contribution is 5.95. The number of hydrogen-bond donors (Lipinski definition) is 2. The number of aliphatic hydroxyl groups is 1. The smallest absolute Gasteiger partial charge is 0.255 e. The molecule has 3 N–H and O–H groups in total. The van der Waals surface area contributed by atoms with Gasteiger partial charge in [-0.25, -0.2) is 0 Å². The van der Waals surface area contributed by atoms with E-state index in [-0.39, 0.29) is 12.5 Å². The van der Waals surface area contributed by atoms with Crippen molar-refractivity contribution in [2.24, 2.45) is 0 Å². The average Bonchev–Trinajstić information content (AvgIpc) is 2.18. The Kier molecular flexibility index (Phi) is 3.72. The molecule has 0 bridgehead atoms. The van der Waals surface area contributed by atoms with Crippen LogP contribution in [0.25, 0.3) is 0 Å². The van der Waals surface area contributed by atoms with Crippen LogP contribution in [0.2, 0.25) is 0 Å². The molecule has 0 saturated carbocycles. The first-order valence-electron chi connectivity index (χ1n) is 5.40. The van der Waals surface area contributed by atoms with E-state index in [1.54, 1.807) is 33.9 Å². The molecule has 0 atom stereocenters. The number of pyridine rings is 1. The zero-order valence-electron chi connectivity index (χ0n) is 10.7. The second-order valence-electron chi connectivity index (χ2n) is 4.88. The minimum atomic E-state index is -0.925. The number of nitrogens with two attached hydrogens (primary N) is 1. The zero-order valence-corrected chi connectivity index (χ0v) is 10.7. The Labute approximate surface area is 101 Å². The lowest BCUT2D eigenvalue weighted by Crippen LogP contribution is -2.40. The Morgan fingerprint density at radius 2 is 2.18 bits per heavy atom. The highest BCUT2D eigenvalue weighted by Gasteiger charge is 2.21. The van der Waals surface area contributed by atoms with Gasteiger partial charge < -0.3 is 15.7 Å². The quantitative estimate of drug-likeness (QED) is 0.815. The van der Waals surface area contributed by atoms with E-state index in [4.69, 9.17) is 5.73 Å². The van der Waals surface area contributed by atoms with Crippen LogP contribution in [0.4, 0.5) is 5.69 Å². The number of aryl methyl sites for hydroxylation is 1. The molecule has 5 heteroatoms. The number of carbonyl (C=O) groups excluding carboxylic acids is 1. The summed E-state index contributed by atoms with van der Waals surface area (Å²) in [5.41, 5.74) is 6.24. The van der Waals surface area contributed by atoms with Crippen molar-refractivity contribution in [2.75, 3.05) is 19.3 Å². The number of anilines is 1. The Morgan fingerprint density at radius 3 is 2.71 bits per heavy atom. The highest BCUT2D eigenvalue weighted by atomic mass is 16.3. The van der Waals surface area contributed by atoms with Crippen molar-refractivity contribution < 1.29 is 9.90 Å². The summed E-state index contributed by atoms with van der Waals surface area (Å²) in [5, 5.41) is 9.67. The molecule has 1 heterocycles. The summed E-state index contributed by atoms with van der Waals surface area (Å²) < 4.78 is 0. The molecule has 1 aromatic rings. The van der Waals surface area contributed by atoms with Gasteiger partial charge in [0.2, 0.25) is 0 Å². The molecule has 0 unspecified atom stereocenters. The maximum absolute atomic E-state index is 12.1. The summed E-state index contributed by atoms with van der Waals surface area (Å²) in [5.74, 6) is -0.190. The fourth-order valence-electron chi connectivity index (χ4n) is 1.62. The molecule has 1 rings (SSSR count). The van der Waals surface area contributed by atoms with Crippen LogP contribution >= 0.6 is 0 Å². The number of amides is 1. The van der Waals surface area contributed by atoms with Crippen LogP contribution in [0.15, 0.2) is 12.3 Å². The summed E-state index contributed by atoms with van der Waals surface area (Å²) in [6.07, 6.45) is 1.52. The molecule has 0 aliphatic carbocycles. The minimum Gasteiger partial charge on any atom is -0.397 e. The summed E-state index contributed by atoms with van der Waals surface area (Å²) in [6, 6.07) is 1.60. The van der Waals surface area contributed by atoms with Gasteiger partial charge in [0.15, 0.2) is 0 Å². The van der Waals surface area contributed by atoms with Gasteiger partial charge in [0.25, 0.3) is 5.91 Å². The minimum absolute atomic E-state index is 0.190. The molecule has 0 saturated heterocycles. The average molecular weight is 237 g/mol. The van der Waals surface area contributed by atoms with Crippen LogP contribution < -0.4 is 5.73 Å². The van der Waals surface area contributed by atoms with Crippen LogP contribution in [0.3, 0.4) is 0 Å². The van der Waals surface area contributed by atoms with Crippen LogP contribution in [0, 0.1) is 6.92 Å². The standard InChI is InChI=1S/C12H19N3O2/c1-8-10(5-9(13)6-14-8)11(16)15(4)7-12(2,3)17/h5-6,17H,7,13H2,1-4H3. The fraction of sp³-hybridized carbons (Fsp3) is 0.500. The zero-order chi connectivity index (χ0) is 13.2. The fourth-order valence-corrected chi connectivity index (χ4v) is 1.62. The molecule has 17 heavy (non-hydrogen) atoms. The number of nitrogen functional groups attached to an aromatic ring is 1. The molecule has 1 aromatic heterocycles. The van der Waals surface area contributed by atoms with E-state index in [1.165, 1.54) is 11.1 Å². The molecule has 5 nitrogen and oxygen atoms in total. The van der Waals surface area contributed by atoms with Gasteiger partial charge >= 0.3 is 0 Å². The number of likely N-dealkylation sites (N-methyl/N-ethyl adjacent to an activating group) is 1. The van der Waals surface area contributed by atoms with Crippen LogP contribution in [0.5, 0.6) is 0 Å². The highest BCUT2D eigenvalue weighted by Crippen LogP contribution is 2.13. The van der Waals surface area contributed by atoms with E-state index in [9.17, 15) is 9.90 Å². The monoisotopic (exact) mass is 237 g/mol. The molecule has 94 valence electrons. The molecule has 0 radical (unpaired) electrons. The summed E-state index contributed by atoms with van der Waals surface area (Å²) in [7, 11) is 1.64. The molecule has 1 amide bonds. The first-order valence-corrected chi connectivity index (χ1v) is 5.40. The van der Waals surface area contributed by atoms with Crippen LogP contribution in [0.1, 0.15) is 29.9 Å². The van der Waals surface area contributed by atoms with Gasteiger partial charge in [-0.05, 0) is 26.8 Å². The molecule has 0 aliphatic rings. The summed E-state index contributed by atoms with van der Waals surface area (Å²) in [4.78, 5) is 17.6. The molecular weight excluding hydrogens is 218 g/mol. The Hall–Kier alpha value is -1.62. The SMILES string of the molecule is Cc1ncc(N)cc1C(=O)N(C)CC(C)(C)O. The Morgan fingerprint density at radius 1 is 1.59 bits per heavy atom. The van der Waals surface area contributed by atoms with E-state index < -0.39 is 5.60 Å². The predicted octanol–water partition coefficient (Wildman–Crippen LogP) is 0.815. The summed E-state index contributed by atoms with van der Waals surface area (Å²) in [6.45, 7) is 5.31. The molecule has 0 spiro atoms. The third kappa shape index (κ3) is 3.71. The number of aromatic nitrogens is 1. The maximum atomic E-state index is 12.1. The lowest BCUT2D eigenvalue weighted by Gasteiger charge is -2.26. The second-order valence-corrected chi connectivity index (χ2v) is 4.88. The number of nitrogens with zero attached hydrogens (tertiary/aromatic N) is 2. The van der Waals surface area contributed by atoms with Crippen molar-refractivity contribution in [2.45, 2.75) is 26.4 Å². The van der Waals surface area contributed by atoms with Gasteiger partial charge in [0, 0.05) is 13.6 Å². The van der Waals surface area contributed by atoms with Crippen molar-refractivity contribution in [3.8, 4) is 0 Å². The molecule has 0 fully saturated rings. The van der Waals surface area contributed by atoms with Crippen molar-refractivity contribution >= 4 is 11.6 Å². The number of rotatable bonds is 3. The topological polar surface area (TPSA) is 79.5 Å². The second kappa shape index (κ2) is 4.71. The van der Waals surface area contributed by atoms with Crippen molar-refractivity contribution in [1.82, 2.24) is 9.88 Å². The largest absolute Gasteiger partial charge is 0.397 e. The van der Waals surface area contributed by atoms with Crippen LogP contribution in [-0.4, -0.2) is 40.1 Å². The Bertz CT molecular complexity index is 424. The first kappa shape index (κ1) is 13.4. The lowest BCUT2D eigenvalue weighted by atomic mass is 10.1. The van der Waals surface area contributed by atoms with Gasteiger partial charge in [0.05, 0.1) is 28.7 Å². The van der Waals surface area contributed by atoms with Gasteiger partial charge in [-0.3, -0.25) is 9.78 Å². The van der Waals surface area contributed by atoms with E-state index in [2.05, 4.69) is 4.98 Å². The summed E-state index contributed by atoms with van der Waals surface area (Å²) >= 11 is 0. The third-order valence-corrected chi connectivity index (χ3v) is 2.31. The predicted molar refractivity (Wildman–Crippen MR) is 66.6 cm³/mol. The van der Waals surface area contributed by atoms with E-state index in [0.29, 0.717) is 16.9 Å². The number of carbonyl (C=O) groups is 1. The van der Waals surface area contributed by atoms with Crippen LogP contribution in [-0.2, 0) is 0 Å². The molecule has 0 aliphatic heterocycles. The van der Waals surface area contributed by atoms with Gasteiger partial charge in [-0.1, -0.05) is 0 Å². The lowest BCUT2D eigenvalue weighted by molar-refractivity contribution is 0.0367. The third-order valence-electron chi connectivity index (χ3n) is 2.31. The van der Waals surface area contributed by atoms with E-state index in [1.807, 2.05) is 0 Å². The Balaban J connectivity index is 2.93. The van der Waals surface area contributed by atoms with Crippen molar-refractivity contribution in [3.05, 3.63) is 23.5 Å². The maximum Gasteiger partial charge on any atom is 0.255 e. The molecule has 0 aromatic carbocycles. The van der Waals surface area contributed by atoms with E-state index in [0.717, 1.165) is 0 Å². The normalized spacial score (nSPS) is 11.4. The van der Waals surface area contributed by atoms with Gasteiger partial charge in [-0.15, -0.1) is 0 Å². The van der Waals surface area contributed by atoms with Gasteiger partial charge in [-0.2, -0.15) is 0 Å². The first-order chi connectivity index (χ1) is 7.70. The van der Waals surface area contributed by atoms with Gasteiger partial charge in [0.1, 0.15) is 0 Å². The van der Waals surface area contributed by atoms with E-state index >= 15 is 0 Å². The van der Waals surface area contributed by atoms with Crippen molar-refractivity contribution in [3.63, 3.8) is 0 Å². The molecular formula is C12H19N3O2.